The van der Waals surface area contributed by atoms with Crippen LogP contribution < -0.4 is 15.8 Å². The fraction of sp³-hybridized carbons (Fsp3) is 0.318. The normalized spacial score (nSPS) is 11.8. The molecule has 0 saturated heterocycles. The molecule has 2 heterocycles. The zero-order chi connectivity index (χ0) is 23.3. The summed E-state index contributed by atoms with van der Waals surface area (Å²) < 4.78 is 6.89. The van der Waals surface area contributed by atoms with Gasteiger partial charge in [0, 0.05) is 27.6 Å². The first kappa shape index (κ1) is 22.9. The Morgan fingerprint density at radius 1 is 1.19 bits per heavy atom. The first-order valence-electron chi connectivity index (χ1n) is 10.0. The zero-order valence-corrected chi connectivity index (χ0v) is 18.1. The summed E-state index contributed by atoms with van der Waals surface area (Å²) in [6, 6.07) is 12.1. The molecule has 0 aliphatic heterocycles. The minimum Gasteiger partial charge on any atom is -0.481 e. The standard InChI is InChI=1S/C22H25N5O5/c1-14(28)26(2)18-10-9-16-21(25-18)27(17(13-32-3)15-7-5-4-6-8-15)22(31)20(24-16)23-12-11-19(29)30/h4-10,17H,11-13H2,1-3H3,(H,23,24)(H,29,30)/t17-/m0/s1. The van der Waals surface area contributed by atoms with Crippen molar-refractivity contribution in [1.29, 1.82) is 0 Å². The average Bonchev–Trinajstić information content (AvgIpc) is 2.78. The van der Waals surface area contributed by atoms with E-state index in [0.29, 0.717) is 11.3 Å². The number of pyridine rings is 1. The highest BCUT2D eigenvalue weighted by Crippen LogP contribution is 2.24. The first-order valence-corrected chi connectivity index (χ1v) is 10.0. The summed E-state index contributed by atoms with van der Waals surface area (Å²) in [5.74, 6) is -0.804. The number of benzene rings is 1. The van der Waals surface area contributed by atoms with Crippen molar-refractivity contribution in [2.24, 2.45) is 0 Å². The molecular weight excluding hydrogens is 414 g/mol. The van der Waals surface area contributed by atoms with Gasteiger partial charge in [0.1, 0.15) is 11.3 Å². The minimum absolute atomic E-state index is 0.0188. The van der Waals surface area contributed by atoms with Crippen molar-refractivity contribution in [2.75, 3.05) is 37.5 Å². The van der Waals surface area contributed by atoms with Gasteiger partial charge in [0.15, 0.2) is 11.5 Å². The van der Waals surface area contributed by atoms with Gasteiger partial charge in [-0.05, 0) is 17.7 Å². The van der Waals surface area contributed by atoms with Gasteiger partial charge < -0.3 is 20.1 Å². The number of anilines is 2. The molecule has 1 aromatic carbocycles. The van der Waals surface area contributed by atoms with Gasteiger partial charge >= 0.3 is 5.97 Å². The van der Waals surface area contributed by atoms with Crippen molar-refractivity contribution in [3.63, 3.8) is 0 Å². The molecule has 0 aliphatic carbocycles. The summed E-state index contributed by atoms with van der Waals surface area (Å²) in [4.78, 5) is 46.5. The highest BCUT2D eigenvalue weighted by molar-refractivity contribution is 5.91. The van der Waals surface area contributed by atoms with E-state index in [-0.39, 0.29) is 36.9 Å². The third kappa shape index (κ3) is 4.92. The molecule has 0 fully saturated rings. The topological polar surface area (TPSA) is 127 Å². The molecule has 32 heavy (non-hydrogen) atoms. The molecule has 0 unspecified atom stereocenters. The summed E-state index contributed by atoms with van der Waals surface area (Å²) in [7, 11) is 3.14. The summed E-state index contributed by atoms with van der Waals surface area (Å²) in [5.41, 5.74) is 1.06. The number of methoxy groups -OCH3 is 1. The summed E-state index contributed by atoms with van der Waals surface area (Å²) >= 11 is 0. The number of carboxylic acids is 1. The maximum Gasteiger partial charge on any atom is 0.305 e. The van der Waals surface area contributed by atoms with Crippen LogP contribution in [0.15, 0.2) is 47.3 Å². The molecule has 0 aliphatic rings. The number of nitrogens with one attached hydrogen (secondary N) is 1. The first-order chi connectivity index (χ1) is 15.3. The third-order valence-electron chi connectivity index (χ3n) is 4.99. The van der Waals surface area contributed by atoms with Crippen LogP contribution >= 0.6 is 0 Å². The van der Waals surface area contributed by atoms with Crippen LogP contribution in [-0.2, 0) is 14.3 Å². The van der Waals surface area contributed by atoms with Gasteiger partial charge in [-0.1, -0.05) is 30.3 Å². The molecule has 2 N–H and O–H groups in total. The van der Waals surface area contributed by atoms with E-state index in [1.807, 2.05) is 30.3 Å². The molecule has 168 valence electrons. The highest BCUT2D eigenvalue weighted by Gasteiger charge is 2.22. The Balaban J connectivity index is 2.25. The SMILES string of the molecule is COC[C@@H](c1ccccc1)n1c(=O)c(NCCC(=O)O)nc2ccc(N(C)C(C)=O)nc21. The number of hydrogen-bond acceptors (Lipinski definition) is 7. The van der Waals surface area contributed by atoms with Crippen LogP contribution in [0.3, 0.4) is 0 Å². The molecular formula is C22H25N5O5. The number of carboxylic acid groups (broad SMARTS) is 1. The number of hydrogen-bond donors (Lipinski definition) is 2. The molecule has 2 aromatic heterocycles. The number of amides is 1. The Kier molecular flexibility index (Phi) is 7.16. The number of nitrogens with zero attached hydrogens (tertiary/aromatic N) is 4. The lowest BCUT2D eigenvalue weighted by atomic mass is 10.1. The largest absolute Gasteiger partial charge is 0.481 e. The molecule has 10 heteroatoms. The second-order valence-electron chi connectivity index (χ2n) is 7.18. The van der Waals surface area contributed by atoms with Crippen LogP contribution in [0, 0.1) is 0 Å². The average molecular weight is 439 g/mol. The number of carbonyl (C=O) groups excluding carboxylic acids is 1. The molecule has 1 amide bonds. The molecule has 3 aromatic rings. The molecule has 0 radical (unpaired) electrons. The zero-order valence-electron chi connectivity index (χ0n) is 18.1. The van der Waals surface area contributed by atoms with Gasteiger partial charge in [-0.3, -0.25) is 19.0 Å². The van der Waals surface area contributed by atoms with Crippen molar-refractivity contribution in [3.8, 4) is 0 Å². The van der Waals surface area contributed by atoms with E-state index in [9.17, 15) is 14.4 Å². The lowest BCUT2D eigenvalue weighted by Crippen LogP contribution is -2.33. The molecule has 0 saturated carbocycles. The predicted molar refractivity (Wildman–Crippen MR) is 120 cm³/mol. The van der Waals surface area contributed by atoms with Crippen molar-refractivity contribution in [1.82, 2.24) is 14.5 Å². The lowest BCUT2D eigenvalue weighted by molar-refractivity contribution is -0.136. The summed E-state index contributed by atoms with van der Waals surface area (Å²) in [6.07, 6.45) is -0.167. The quantitative estimate of drug-likeness (QED) is 0.518. The van der Waals surface area contributed by atoms with Crippen LogP contribution in [-0.4, -0.2) is 58.8 Å². The van der Waals surface area contributed by atoms with E-state index >= 15 is 0 Å². The van der Waals surface area contributed by atoms with Gasteiger partial charge in [0.05, 0.1) is 19.1 Å². The summed E-state index contributed by atoms with van der Waals surface area (Å²) in [5, 5.41) is 11.7. The third-order valence-corrected chi connectivity index (χ3v) is 4.99. The van der Waals surface area contributed by atoms with Crippen LogP contribution in [0.4, 0.5) is 11.6 Å². The van der Waals surface area contributed by atoms with Gasteiger partial charge in [-0.25, -0.2) is 9.97 Å². The highest BCUT2D eigenvalue weighted by atomic mass is 16.5. The van der Waals surface area contributed by atoms with Crippen molar-refractivity contribution in [2.45, 2.75) is 19.4 Å². The maximum absolute atomic E-state index is 13.5. The Bertz CT molecular complexity index is 1180. The van der Waals surface area contributed by atoms with Crippen LogP contribution in [0.5, 0.6) is 0 Å². The van der Waals surface area contributed by atoms with Gasteiger partial charge in [-0.2, -0.15) is 0 Å². The van der Waals surface area contributed by atoms with E-state index in [4.69, 9.17) is 9.84 Å². The molecule has 0 spiro atoms. The van der Waals surface area contributed by atoms with Crippen molar-refractivity contribution in [3.05, 3.63) is 58.4 Å². The van der Waals surface area contributed by atoms with Crippen LogP contribution in [0.2, 0.25) is 0 Å². The maximum atomic E-state index is 13.5. The molecule has 3 rings (SSSR count). The number of aromatic nitrogens is 3. The monoisotopic (exact) mass is 439 g/mol. The van der Waals surface area contributed by atoms with E-state index in [2.05, 4.69) is 15.3 Å². The van der Waals surface area contributed by atoms with Crippen LogP contribution in [0.25, 0.3) is 11.2 Å². The van der Waals surface area contributed by atoms with Crippen molar-refractivity contribution < 1.29 is 19.4 Å². The smallest absolute Gasteiger partial charge is 0.305 e. The minimum atomic E-state index is -0.987. The Morgan fingerprint density at radius 3 is 2.53 bits per heavy atom. The Morgan fingerprint density at radius 2 is 1.91 bits per heavy atom. The second kappa shape index (κ2) is 10.0. The second-order valence-corrected chi connectivity index (χ2v) is 7.18. The fourth-order valence-corrected chi connectivity index (χ4v) is 3.27. The fourth-order valence-electron chi connectivity index (χ4n) is 3.27. The number of fused-ring (bicyclic) bond motifs is 1. The van der Waals surface area contributed by atoms with E-state index in [0.717, 1.165) is 5.56 Å². The number of rotatable bonds is 9. The van der Waals surface area contributed by atoms with Crippen LogP contribution in [0.1, 0.15) is 24.9 Å². The Labute approximate surface area is 184 Å². The Hall–Kier alpha value is -3.79. The molecule has 0 bridgehead atoms. The van der Waals surface area contributed by atoms with E-state index in [1.165, 1.54) is 16.4 Å². The lowest BCUT2D eigenvalue weighted by Gasteiger charge is -2.23. The van der Waals surface area contributed by atoms with Gasteiger partial charge in [0.2, 0.25) is 5.91 Å². The van der Waals surface area contributed by atoms with Gasteiger partial charge in [0.25, 0.3) is 5.56 Å². The van der Waals surface area contributed by atoms with E-state index < -0.39 is 17.6 Å². The van der Waals surface area contributed by atoms with E-state index in [1.54, 1.807) is 26.3 Å². The number of ether oxygens (including phenoxy) is 1. The van der Waals surface area contributed by atoms with Gasteiger partial charge in [-0.15, -0.1) is 0 Å². The number of aliphatic carboxylic acids is 1. The molecule has 10 nitrogen and oxygen atoms in total. The van der Waals surface area contributed by atoms with Crippen molar-refractivity contribution >= 4 is 34.7 Å². The summed E-state index contributed by atoms with van der Waals surface area (Å²) in [6.45, 7) is 1.65. The number of carbonyl (C=O) groups is 2. The predicted octanol–water partition coefficient (Wildman–Crippen LogP) is 1.90. The molecule has 1 atom stereocenters.